The summed E-state index contributed by atoms with van der Waals surface area (Å²) in [5.74, 6) is -32.5. The minimum absolute atomic E-state index is 1.75. The van der Waals surface area contributed by atoms with Gasteiger partial charge in [-0.1, -0.05) is 0 Å². The van der Waals surface area contributed by atoms with Gasteiger partial charge in [-0.15, -0.1) is 0 Å². The lowest BCUT2D eigenvalue weighted by molar-refractivity contribution is -0.388. The van der Waals surface area contributed by atoms with Gasteiger partial charge in [0.25, 0.3) is 0 Å². The molecule has 118 valence electrons. The number of nitrogen functional groups attached to an aromatic ring is 1. The van der Waals surface area contributed by atoms with E-state index < -0.39 is 52.4 Å². The quantitative estimate of drug-likeness (QED) is 0.742. The van der Waals surface area contributed by atoms with Crippen LogP contribution in [-0.4, -0.2) is 16.8 Å². The Labute approximate surface area is 108 Å². The molecule has 2 nitrogen and oxygen atoms in total. The minimum atomic E-state index is -6.68. The Morgan fingerprint density at radius 3 is 1.62 bits per heavy atom. The summed E-state index contributed by atoms with van der Waals surface area (Å²) in [5.41, 5.74) is -1.11. The summed E-state index contributed by atoms with van der Waals surface area (Å²) in [6.45, 7) is 0. The van der Waals surface area contributed by atoms with E-state index in [1.807, 2.05) is 0 Å². The Morgan fingerprint density at radius 2 is 1.14 bits per heavy atom. The van der Waals surface area contributed by atoms with Crippen LogP contribution in [0.15, 0.2) is 0 Å². The number of pyridine rings is 1. The van der Waals surface area contributed by atoms with Crippen molar-refractivity contribution in [3.8, 4) is 0 Å². The lowest BCUT2D eigenvalue weighted by atomic mass is 9.82. The topological polar surface area (TPSA) is 38.9 Å². The maximum Gasteiger partial charge on any atom is 0.384 e. The summed E-state index contributed by atoms with van der Waals surface area (Å²) in [6, 6.07) is 0. The Balaban J connectivity index is 3.02. The summed E-state index contributed by atoms with van der Waals surface area (Å²) < 4.78 is 132. The predicted octanol–water partition coefficient (Wildman–Crippen LogP) is 3.41. The molecule has 0 unspecified atom stereocenters. The fourth-order valence-corrected chi connectivity index (χ4v) is 1.77. The van der Waals surface area contributed by atoms with Crippen LogP contribution < -0.4 is 5.73 Å². The third-order valence-electron chi connectivity index (χ3n) is 2.90. The van der Waals surface area contributed by atoms with Gasteiger partial charge in [0.2, 0.25) is 5.82 Å². The van der Waals surface area contributed by atoms with Crippen LogP contribution in [-0.2, 0) is 11.8 Å². The van der Waals surface area contributed by atoms with Gasteiger partial charge in [0.1, 0.15) is 5.69 Å². The lowest BCUT2D eigenvalue weighted by Crippen LogP contribution is -2.64. The molecule has 12 heteroatoms. The van der Waals surface area contributed by atoms with Crippen molar-refractivity contribution in [2.45, 2.75) is 23.7 Å². The van der Waals surface area contributed by atoms with E-state index in [4.69, 9.17) is 0 Å². The second-order valence-electron chi connectivity index (χ2n) is 4.15. The van der Waals surface area contributed by atoms with Gasteiger partial charge in [0, 0.05) is 0 Å². The first-order chi connectivity index (χ1) is 9.21. The van der Waals surface area contributed by atoms with E-state index in [0.29, 0.717) is 0 Å². The van der Waals surface area contributed by atoms with Crippen molar-refractivity contribution < 1.29 is 43.9 Å². The summed E-state index contributed by atoms with van der Waals surface area (Å²) in [5, 5.41) is 0. The largest absolute Gasteiger partial charge is 0.384 e. The molecule has 1 aliphatic carbocycles. The van der Waals surface area contributed by atoms with Crippen molar-refractivity contribution >= 4 is 5.82 Å². The molecule has 0 aromatic carbocycles. The molecule has 1 aromatic heterocycles. The van der Waals surface area contributed by atoms with Crippen LogP contribution in [0.5, 0.6) is 0 Å². The van der Waals surface area contributed by atoms with Crippen LogP contribution in [0, 0.1) is 11.6 Å². The first-order valence-electron chi connectivity index (χ1n) is 4.88. The number of aromatic nitrogens is 1. The molecule has 21 heavy (non-hydrogen) atoms. The average molecular weight is 328 g/mol. The number of halogens is 10. The van der Waals surface area contributed by atoms with E-state index in [2.05, 4.69) is 10.7 Å². The van der Waals surface area contributed by atoms with Crippen molar-refractivity contribution in [2.75, 3.05) is 5.73 Å². The van der Waals surface area contributed by atoms with Crippen molar-refractivity contribution in [1.82, 2.24) is 4.98 Å². The highest BCUT2D eigenvalue weighted by Gasteiger charge is 2.86. The number of rotatable bonds is 0. The standard InChI is InChI=1S/C9H2F10N2/c10-2-1-4(21-5(20)3(2)11)7(14,15)9(18,19)8(16,17)6(1,12)13/h(H2,20,21). The normalized spacial score (nSPS) is 24.5. The zero-order chi connectivity index (χ0) is 16.6. The summed E-state index contributed by atoms with van der Waals surface area (Å²) in [7, 11) is 0. The van der Waals surface area contributed by atoms with Gasteiger partial charge >= 0.3 is 23.7 Å². The number of nitrogens with two attached hydrogens (primary N) is 1. The maximum absolute atomic E-state index is 13.3. The fourth-order valence-electron chi connectivity index (χ4n) is 1.77. The SMILES string of the molecule is Nc1nc2c(c(F)c1F)C(F)(F)C(F)(F)C(F)(F)C2(F)F. The van der Waals surface area contributed by atoms with E-state index in [0.717, 1.165) is 0 Å². The van der Waals surface area contributed by atoms with E-state index in [1.165, 1.54) is 0 Å². The molecule has 1 aromatic rings. The molecule has 2 rings (SSSR count). The molecule has 0 bridgehead atoms. The Kier molecular flexibility index (Phi) is 2.76. The summed E-state index contributed by atoms with van der Waals surface area (Å²) in [6.07, 6.45) is 0. The number of hydrogen-bond donors (Lipinski definition) is 1. The van der Waals surface area contributed by atoms with Gasteiger partial charge in [-0.2, -0.15) is 39.5 Å². The number of fused-ring (bicyclic) bond motifs is 1. The Bertz CT molecular complexity index is 623. The van der Waals surface area contributed by atoms with Gasteiger partial charge in [0.05, 0.1) is 5.56 Å². The van der Waals surface area contributed by atoms with Crippen molar-refractivity contribution in [2.24, 2.45) is 0 Å². The summed E-state index contributed by atoms with van der Waals surface area (Å²) in [4.78, 5) is 2.20. The maximum atomic E-state index is 13.3. The highest BCUT2D eigenvalue weighted by atomic mass is 19.4. The molecule has 1 aliphatic rings. The molecular weight excluding hydrogens is 326 g/mol. The first kappa shape index (κ1) is 15.6. The van der Waals surface area contributed by atoms with Crippen LogP contribution in [0.4, 0.5) is 49.7 Å². The highest BCUT2D eigenvalue weighted by molar-refractivity contribution is 5.46. The molecule has 0 spiro atoms. The smallest absolute Gasteiger partial charge is 0.381 e. The monoisotopic (exact) mass is 328 g/mol. The number of hydrogen-bond acceptors (Lipinski definition) is 2. The summed E-state index contributed by atoms with van der Waals surface area (Å²) >= 11 is 0. The lowest BCUT2D eigenvalue weighted by Gasteiger charge is -2.42. The van der Waals surface area contributed by atoms with Gasteiger partial charge in [-0.25, -0.2) is 9.37 Å². The van der Waals surface area contributed by atoms with Crippen molar-refractivity contribution in [3.63, 3.8) is 0 Å². The number of alkyl halides is 8. The van der Waals surface area contributed by atoms with E-state index in [-0.39, 0.29) is 0 Å². The molecule has 0 radical (unpaired) electrons. The number of nitrogens with zero attached hydrogens (tertiary/aromatic N) is 1. The van der Waals surface area contributed by atoms with Crippen LogP contribution >= 0.6 is 0 Å². The third-order valence-corrected chi connectivity index (χ3v) is 2.90. The molecule has 0 aliphatic heterocycles. The second kappa shape index (κ2) is 3.71. The second-order valence-corrected chi connectivity index (χ2v) is 4.15. The molecule has 0 saturated heterocycles. The van der Waals surface area contributed by atoms with Gasteiger partial charge in [-0.05, 0) is 0 Å². The average Bonchev–Trinajstić information content (AvgIpc) is 2.32. The molecule has 2 N–H and O–H groups in total. The van der Waals surface area contributed by atoms with Crippen molar-refractivity contribution in [1.29, 1.82) is 0 Å². The zero-order valence-corrected chi connectivity index (χ0v) is 9.30. The Morgan fingerprint density at radius 1 is 0.714 bits per heavy atom. The van der Waals surface area contributed by atoms with Gasteiger partial charge < -0.3 is 5.73 Å². The molecule has 1 heterocycles. The Hall–Kier alpha value is -1.75. The molecule has 0 fully saturated rings. The molecule has 0 saturated carbocycles. The predicted molar refractivity (Wildman–Crippen MR) is 46.2 cm³/mol. The molecule has 0 amide bonds. The van der Waals surface area contributed by atoms with E-state index in [9.17, 15) is 43.9 Å². The van der Waals surface area contributed by atoms with Crippen molar-refractivity contribution in [3.05, 3.63) is 22.9 Å². The zero-order valence-electron chi connectivity index (χ0n) is 9.30. The van der Waals surface area contributed by atoms with Crippen LogP contribution in [0.25, 0.3) is 0 Å². The van der Waals surface area contributed by atoms with E-state index >= 15 is 0 Å². The van der Waals surface area contributed by atoms with E-state index in [1.54, 1.807) is 0 Å². The number of anilines is 1. The third kappa shape index (κ3) is 1.47. The highest BCUT2D eigenvalue weighted by Crippen LogP contribution is 2.64. The molecule has 0 atom stereocenters. The fraction of sp³-hybridized carbons (Fsp3) is 0.444. The molecular formula is C9H2F10N2. The van der Waals surface area contributed by atoms with Gasteiger partial charge in [0.15, 0.2) is 11.6 Å². The minimum Gasteiger partial charge on any atom is -0.381 e. The van der Waals surface area contributed by atoms with Crippen LogP contribution in [0.2, 0.25) is 0 Å². The van der Waals surface area contributed by atoms with Crippen LogP contribution in [0.1, 0.15) is 11.3 Å². The van der Waals surface area contributed by atoms with Crippen LogP contribution in [0.3, 0.4) is 0 Å². The first-order valence-corrected chi connectivity index (χ1v) is 4.88. The van der Waals surface area contributed by atoms with Gasteiger partial charge in [-0.3, -0.25) is 0 Å².